The van der Waals surface area contributed by atoms with Gasteiger partial charge in [0.15, 0.2) is 0 Å². The van der Waals surface area contributed by atoms with Crippen LogP contribution in [0.3, 0.4) is 0 Å². The van der Waals surface area contributed by atoms with Crippen LogP contribution < -0.4 is 4.90 Å². The molecular weight excluding hydrogens is 268 g/mol. The maximum Gasteiger partial charge on any atom is 0.320 e. The molecule has 0 radical (unpaired) electrons. The molecule has 0 saturated heterocycles. The third-order valence-corrected chi connectivity index (χ3v) is 3.65. The van der Waals surface area contributed by atoms with Gasteiger partial charge >= 0.3 is 5.97 Å². The van der Waals surface area contributed by atoms with Gasteiger partial charge in [-0.2, -0.15) is 0 Å². The van der Waals surface area contributed by atoms with Gasteiger partial charge in [0.25, 0.3) is 0 Å². The second-order valence-electron chi connectivity index (χ2n) is 5.03. The molecule has 1 aromatic carbocycles. The van der Waals surface area contributed by atoms with E-state index in [1.165, 1.54) is 5.56 Å². The van der Waals surface area contributed by atoms with Gasteiger partial charge < -0.3 is 9.64 Å². The van der Waals surface area contributed by atoms with Crippen molar-refractivity contribution in [3.05, 3.63) is 29.8 Å². The van der Waals surface area contributed by atoms with E-state index in [1.54, 1.807) is 11.8 Å². The topological polar surface area (TPSA) is 49.9 Å². The van der Waals surface area contributed by atoms with Crippen LogP contribution in [0.5, 0.6) is 0 Å². The first-order chi connectivity index (χ1) is 10.2. The molecule has 0 atom stereocenters. The summed E-state index contributed by atoms with van der Waals surface area (Å²) in [7, 11) is 0. The maximum atomic E-state index is 12.4. The molecule has 1 aliphatic rings. The van der Waals surface area contributed by atoms with Gasteiger partial charge in [0.05, 0.1) is 19.7 Å². The zero-order valence-electron chi connectivity index (χ0n) is 12.7. The van der Waals surface area contributed by atoms with Crippen LogP contribution in [0, 0.1) is 0 Å². The van der Waals surface area contributed by atoms with Crippen molar-refractivity contribution in [3.8, 4) is 0 Å². The van der Waals surface area contributed by atoms with E-state index in [1.807, 2.05) is 30.0 Å². The van der Waals surface area contributed by atoms with Gasteiger partial charge in [-0.05, 0) is 31.5 Å². The van der Waals surface area contributed by atoms with Crippen LogP contribution in [0.25, 0.3) is 0 Å². The molecule has 1 heterocycles. The van der Waals surface area contributed by atoms with Gasteiger partial charge in [-0.15, -0.1) is 0 Å². The van der Waals surface area contributed by atoms with E-state index in [9.17, 15) is 9.59 Å². The highest BCUT2D eigenvalue weighted by Crippen LogP contribution is 2.27. The van der Waals surface area contributed by atoms with E-state index in [0.717, 1.165) is 18.7 Å². The Balaban J connectivity index is 1.96. The SMILES string of the molecule is CCOC(=O)CN(CC)CC(=O)N1CCc2ccccc21. The molecule has 0 spiro atoms. The molecule has 0 aliphatic carbocycles. The third-order valence-electron chi connectivity index (χ3n) is 3.65. The molecule has 2 rings (SSSR count). The molecule has 0 fully saturated rings. The van der Waals surface area contributed by atoms with Gasteiger partial charge in [-0.3, -0.25) is 14.5 Å². The number of anilines is 1. The second kappa shape index (κ2) is 7.22. The smallest absolute Gasteiger partial charge is 0.320 e. The summed E-state index contributed by atoms with van der Waals surface area (Å²) in [5, 5.41) is 0. The fourth-order valence-electron chi connectivity index (χ4n) is 2.54. The zero-order chi connectivity index (χ0) is 15.2. The number of carbonyl (C=O) groups excluding carboxylic acids is 2. The number of hydrogen-bond acceptors (Lipinski definition) is 4. The lowest BCUT2D eigenvalue weighted by molar-refractivity contribution is -0.144. The Morgan fingerprint density at radius 1 is 1.24 bits per heavy atom. The average Bonchev–Trinajstić information content (AvgIpc) is 2.90. The minimum absolute atomic E-state index is 0.0334. The lowest BCUT2D eigenvalue weighted by atomic mass is 10.2. The predicted molar refractivity (Wildman–Crippen MR) is 81.2 cm³/mol. The van der Waals surface area contributed by atoms with Gasteiger partial charge in [0.2, 0.25) is 5.91 Å². The molecule has 21 heavy (non-hydrogen) atoms. The van der Waals surface area contributed by atoms with Crippen LogP contribution in [0.4, 0.5) is 5.69 Å². The quantitative estimate of drug-likeness (QED) is 0.744. The van der Waals surface area contributed by atoms with Gasteiger partial charge in [-0.25, -0.2) is 0 Å². The monoisotopic (exact) mass is 290 g/mol. The molecule has 1 amide bonds. The number of para-hydroxylation sites is 1. The van der Waals surface area contributed by atoms with Crippen molar-refractivity contribution in [2.75, 3.05) is 37.7 Å². The second-order valence-corrected chi connectivity index (χ2v) is 5.03. The standard InChI is InChI=1S/C16H22N2O3/c1-3-17(12-16(20)21-4-2)11-15(19)18-10-9-13-7-5-6-8-14(13)18/h5-8H,3-4,9-12H2,1-2H3. The molecule has 5 nitrogen and oxygen atoms in total. The molecule has 1 aliphatic heterocycles. The number of carbonyl (C=O) groups is 2. The van der Waals surface area contributed by atoms with E-state index in [0.29, 0.717) is 13.2 Å². The van der Waals surface area contributed by atoms with Crippen molar-refractivity contribution in [1.82, 2.24) is 4.90 Å². The molecular formula is C16H22N2O3. The van der Waals surface area contributed by atoms with E-state index < -0.39 is 0 Å². The summed E-state index contributed by atoms with van der Waals surface area (Å²) >= 11 is 0. The molecule has 5 heteroatoms. The van der Waals surface area contributed by atoms with Gasteiger partial charge in [0.1, 0.15) is 0 Å². The lowest BCUT2D eigenvalue weighted by Gasteiger charge is -2.23. The van der Waals surface area contributed by atoms with Crippen molar-refractivity contribution in [3.63, 3.8) is 0 Å². The molecule has 0 aromatic heterocycles. The van der Waals surface area contributed by atoms with E-state index in [4.69, 9.17) is 4.74 Å². The van der Waals surface area contributed by atoms with Crippen LogP contribution in [0.15, 0.2) is 24.3 Å². The van der Waals surface area contributed by atoms with E-state index >= 15 is 0 Å². The van der Waals surface area contributed by atoms with Crippen LogP contribution in [0.2, 0.25) is 0 Å². The summed E-state index contributed by atoms with van der Waals surface area (Å²) in [6.07, 6.45) is 0.895. The fraction of sp³-hybridized carbons (Fsp3) is 0.500. The van der Waals surface area contributed by atoms with Crippen molar-refractivity contribution in [1.29, 1.82) is 0 Å². The highest BCUT2D eigenvalue weighted by Gasteiger charge is 2.25. The third kappa shape index (κ3) is 3.82. The zero-order valence-corrected chi connectivity index (χ0v) is 12.7. The van der Waals surface area contributed by atoms with Crippen LogP contribution >= 0.6 is 0 Å². The number of amides is 1. The molecule has 0 unspecified atom stereocenters. The highest BCUT2D eigenvalue weighted by molar-refractivity contribution is 5.96. The first-order valence-corrected chi connectivity index (χ1v) is 7.42. The summed E-state index contributed by atoms with van der Waals surface area (Å²) in [4.78, 5) is 27.6. The Morgan fingerprint density at radius 2 is 2.00 bits per heavy atom. The number of rotatable bonds is 6. The summed E-state index contributed by atoms with van der Waals surface area (Å²) in [5.74, 6) is -0.250. The van der Waals surface area contributed by atoms with Crippen molar-refractivity contribution >= 4 is 17.6 Å². The molecule has 114 valence electrons. The minimum Gasteiger partial charge on any atom is -0.465 e. The van der Waals surface area contributed by atoms with Crippen molar-refractivity contribution < 1.29 is 14.3 Å². The summed E-state index contributed by atoms with van der Waals surface area (Å²) < 4.78 is 4.93. The molecule has 0 N–H and O–H groups in total. The Hall–Kier alpha value is -1.88. The first-order valence-electron chi connectivity index (χ1n) is 7.42. The first kappa shape index (κ1) is 15.5. The number of nitrogens with zero attached hydrogens (tertiary/aromatic N) is 2. The normalized spacial score (nSPS) is 13.4. The Kier molecular flexibility index (Phi) is 5.33. The van der Waals surface area contributed by atoms with E-state index in [2.05, 4.69) is 6.07 Å². The molecule has 1 aromatic rings. The number of likely N-dealkylation sites (N-methyl/N-ethyl adjacent to an activating group) is 1. The average molecular weight is 290 g/mol. The predicted octanol–water partition coefficient (Wildman–Crippen LogP) is 1.46. The fourth-order valence-corrected chi connectivity index (χ4v) is 2.54. The number of ether oxygens (including phenoxy) is 1. The van der Waals surface area contributed by atoms with Crippen LogP contribution in [0.1, 0.15) is 19.4 Å². The molecule has 0 bridgehead atoms. The number of benzene rings is 1. The van der Waals surface area contributed by atoms with Crippen LogP contribution in [-0.4, -0.2) is 49.6 Å². The minimum atomic E-state index is -0.283. The van der Waals surface area contributed by atoms with Crippen LogP contribution in [-0.2, 0) is 20.7 Å². The highest BCUT2D eigenvalue weighted by atomic mass is 16.5. The summed E-state index contributed by atoms with van der Waals surface area (Å²) in [6.45, 7) is 5.83. The van der Waals surface area contributed by atoms with Gasteiger partial charge in [-0.1, -0.05) is 25.1 Å². The molecule has 0 saturated carbocycles. The number of fused-ring (bicyclic) bond motifs is 1. The lowest BCUT2D eigenvalue weighted by Crippen LogP contribution is -2.42. The van der Waals surface area contributed by atoms with Gasteiger partial charge in [0, 0.05) is 12.2 Å². The Morgan fingerprint density at radius 3 is 2.71 bits per heavy atom. The Labute approximate surface area is 125 Å². The van der Waals surface area contributed by atoms with E-state index in [-0.39, 0.29) is 25.0 Å². The maximum absolute atomic E-state index is 12.4. The summed E-state index contributed by atoms with van der Waals surface area (Å²) in [6, 6.07) is 7.97. The largest absolute Gasteiger partial charge is 0.465 e. The number of hydrogen-bond donors (Lipinski definition) is 0. The Bertz CT molecular complexity index is 516. The summed E-state index contributed by atoms with van der Waals surface area (Å²) in [5.41, 5.74) is 2.20. The number of esters is 1. The van der Waals surface area contributed by atoms with Crippen molar-refractivity contribution in [2.45, 2.75) is 20.3 Å². The van der Waals surface area contributed by atoms with Crippen molar-refractivity contribution in [2.24, 2.45) is 0 Å².